The van der Waals surface area contributed by atoms with E-state index in [0.717, 1.165) is 94.2 Å². The molecule has 15 rings (SSSR count). The maximum absolute atomic E-state index is 5.57. The first-order chi connectivity index (χ1) is 39.6. The van der Waals surface area contributed by atoms with Crippen molar-refractivity contribution in [3.8, 4) is 101 Å². The fourth-order valence-electron chi connectivity index (χ4n) is 11.7. The molecule has 3 aromatic heterocycles. The topological polar surface area (TPSA) is 48.5 Å². The van der Waals surface area contributed by atoms with Crippen LogP contribution in [-0.2, 0) is 0 Å². The molecule has 5 nitrogen and oxygen atoms in total. The largest absolute Gasteiger partial charge is 0.309 e. The first kappa shape index (κ1) is 46.5. The van der Waals surface area contributed by atoms with Gasteiger partial charge in [0.25, 0.3) is 0 Å². The molecule has 15 aromatic rings. The van der Waals surface area contributed by atoms with Gasteiger partial charge in [0.15, 0.2) is 11.6 Å². The molecule has 12 aromatic carbocycles. The Hall–Kier alpha value is -10.8. The summed E-state index contributed by atoms with van der Waals surface area (Å²) in [5.41, 5.74) is 20.8. The van der Waals surface area contributed by atoms with E-state index in [1.54, 1.807) is 0 Å². The number of hydrogen-bond acceptors (Lipinski definition) is 3. The molecule has 0 saturated heterocycles. The monoisotopic (exact) mass is 1020 g/mol. The number of nitrogens with zero attached hydrogens (tertiary/aromatic N) is 5. The molecule has 3 heterocycles. The van der Waals surface area contributed by atoms with Gasteiger partial charge in [0.05, 0.1) is 27.8 Å². The van der Waals surface area contributed by atoms with Crippen molar-refractivity contribution >= 4 is 43.6 Å². The molecule has 0 radical (unpaired) electrons. The van der Waals surface area contributed by atoms with Crippen LogP contribution in [0.3, 0.4) is 0 Å². The highest BCUT2D eigenvalue weighted by Gasteiger charge is 2.23. The lowest BCUT2D eigenvalue weighted by atomic mass is 9.92. The first-order valence-corrected chi connectivity index (χ1v) is 27.2. The number of para-hydroxylation sites is 3. The van der Waals surface area contributed by atoms with Crippen LogP contribution in [-0.4, -0.2) is 24.1 Å². The predicted molar refractivity (Wildman–Crippen MR) is 332 cm³/mol. The van der Waals surface area contributed by atoms with E-state index in [9.17, 15) is 0 Å². The second-order valence-electron chi connectivity index (χ2n) is 20.4. The summed E-state index contributed by atoms with van der Waals surface area (Å²) < 4.78 is 4.59. The molecule has 0 N–H and O–H groups in total. The summed E-state index contributed by atoms with van der Waals surface area (Å²) in [7, 11) is 0. The number of rotatable bonds is 10. The summed E-state index contributed by atoms with van der Waals surface area (Å²) in [5.74, 6) is 1.69. The third-order valence-corrected chi connectivity index (χ3v) is 15.5. The van der Waals surface area contributed by atoms with Crippen LogP contribution in [0, 0.1) is 0 Å². The van der Waals surface area contributed by atoms with E-state index in [2.05, 4.69) is 288 Å². The molecule has 0 amide bonds. The van der Waals surface area contributed by atoms with Crippen LogP contribution in [0.4, 0.5) is 0 Å². The quantitative estimate of drug-likeness (QED) is 0.137. The molecule has 0 aliphatic heterocycles. The molecule has 0 saturated carbocycles. The summed E-state index contributed by atoms with van der Waals surface area (Å²) in [6.07, 6.45) is 0. The zero-order valence-corrected chi connectivity index (χ0v) is 43.5. The van der Waals surface area contributed by atoms with Gasteiger partial charge < -0.3 is 4.57 Å². The second kappa shape index (κ2) is 19.7. The maximum Gasteiger partial charge on any atom is 0.238 e. The highest BCUT2D eigenvalue weighted by molar-refractivity contribution is 6.12. The number of aromatic nitrogens is 5. The normalized spacial score (nSPS) is 11.5. The molecule has 0 fully saturated rings. The Balaban J connectivity index is 0.985. The Morgan fingerprint density at radius 1 is 0.200 bits per heavy atom. The summed E-state index contributed by atoms with van der Waals surface area (Å²) in [5, 5.41) is 4.55. The second-order valence-corrected chi connectivity index (χ2v) is 20.4. The summed E-state index contributed by atoms with van der Waals surface area (Å²) >= 11 is 0. The Kier molecular flexibility index (Phi) is 11.4. The predicted octanol–water partition coefficient (Wildman–Crippen LogP) is 19.4. The van der Waals surface area contributed by atoms with E-state index >= 15 is 0 Å². The van der Waals surface area contributed by atoms with Gasteiger partial charge >= 0.3 is 0 Å². The maximum atomic E-state index is 5.57. The van der Waals surface area contributed by atoms with Crippen molar-refractivity contribution in [1.82, 2.24) is 24.1 Å². The van der Waals surface area contributed by atoms with Gasteiger partial charge in [0.2, 0.25) is 5.95 Å². The number of benzene rings is 12. The summed E-state index contributed by atoms with van der Waals surface area (Å²) in [6.45, 7) is 0. The molecule has 0 aliphatic carbocycles. The van der Waals surface area contributed by atoms with Gasteiger partial charge in [-0.1, -0.05) is 212 Å². The summed E-state index contributed by atoms with van der Waals surface area (Å²) in [6, 6.07) is 106. The van der Waals surface area contributed by atoms with Gasteiger partial charge in [-0.15, -0.1) is 0 Å². The molecule has 0 atom stereocenters. The van der Waals surface area contributed by atoms with Gasteiger partial charge in [-0.05, 0) is 152 Å². The van der Waals surface area contributed by atoms with E-state index in [1.165, 1.54) is 33.0 Å². The third kappa shape index (κ3) is 8.33. The molecule has 0 aliphatic rings. The molecule has 0 bridgehead atoms. The standard InChI is InChI=1S/C75H49N5/c1-6-22-50(23-7-1)57-42-58(51-24-8-2-9-25-51)45-61(44-57)55-38-40-71-66(48-55)67-49-56(62-46-59(52-26-10-3-11-27-52)43-60(47-62)53-28-12-4-13-29-53)39-41-72(67)80(71)75-77-73(54-30-14-5-15-31-54)76-74(78-75)65-34-18-21-37-70(65)79-68-35-19-16-32-63(68)64-33-17-20-36-69(64)79/h1-49H. The lowest BCUT2D eigenvalue weighted by Gasteiger charge is -2.15. The highest BCUT2D eigenvalue weighted by Crippen LogP contribution is 2.42. The van der Waals surface area contributed by atoms with Crippen LogP contribution < -0.4 is 0 Å². The highest BCUT2D eigenvalue weighted by atomic mass is 15.2. The van der Waals surface area contributed by atoms with Crippen molar-refractivity contribution in [1.29, 1.82) is 0 Å². The molecule has 0 unspecified atom stereocenters. The van der Waals surface area contributed by atoms with Gasteiger partial charge in [-0.2, -0.15) is 9.97 Å². The fourth-order valence-corrected chi connectivity index (χ4v) is 11.7. The van der Waals surface area contributed by atoms with Crippen molar-refractivity contribution in [3.05, 3.63) is 297 Å². The van der Waals surface area contributed by atoms with Crippen molar-refractivity contribution in [2.24, 2.45) is 0 Å². The van der Waals surface area contributed by atoms with E-state index in [-0.39, 0.29) is 0 Å². The molecular formula is C75H49N5. The Labute approximate surface area is 463 Å². The van der Waals surface area contributed by atoms with Crippen molar-refractivity contribution in [2.75, 3.05) is 0 Å². The zero-order chi connectivity index (χ0) is 52.9. The first-order valence-electron chi connectivity index (χ1n) is 27.2. The fraction of sp³-hybridized carbons (Fsp3) is 0. The van der Waals surface area contributed by atoms with Crippen LogP contribution >= 0.6 is 0 Å². The zero-order valence-electron chi connectivity index (χ0n) is 43.5. The van der Waals surface area contributed by atoms with Crippen LogP contribution in [0.2, 0.25) is 0 Å². The van der Waals surface area contributed by atoms with Gasteiger partial charge in [-0.3, -0.25) is 4.57 Å². The van der Waals surface area contributed by atoms with Gasteiger partial charge in [0, 0.05) is 32.7 Å². The molecule has 80 heavy (non-hydrogen) atoms. The molecule has 374 valence electrons. The Bertz CT molecular complexity index is 4440. The van der Waals surface area contributed by atoms with Crippen LogP contribution in [0.1, 0.15) is 0 Å². The molecular weight excluding hydrogens is 971 g/mol. The van der Waals surface area contributed by atoms with Gasteiger partial charge in [-0.25, -0.2) is 4.98 Å². The van der Waals surface area contributed by atoms with E-state index < -0.39 is 0 Å². The lowest BCUT2D eigenvalue weighted by molar-refractivity contribution is 0.951. The average molecular weight is 1020 g/mol. The van der Waals surface area contributed by atoms with Crippen molar-refractivity contribution in [2.45, 2.75) is 0 Å². The lowest BCUT2D eigenvalue weighted by Crippen LogP contribution is -2.07. The molecule has 0 spiro atoms. The van der Waals surface area contributed by atoms with E-state index in [4.69, 9.17) is 15.0 Å². The van der Waals surface area contributed by atoms with E-state index in [1.807, 2.05) is 18.2 Å². The Morgan fingerprint density at radius 2 is 0.537 bits per heavy atom. The Morgan fingerprint density at radius 3 is 0.975 bits per heavy atom. The van der Waals surface area contributed by atoms with Crippen LogP contribution in [0.5, 0.6) is 0 Å². The third-order valence-electron chi connectivity index (χ3n) is 15.5. The number of fused-ring (bicyclic) bond motifs is 6. The summed E-state index contributed by atoms with van der Waals surface area (Å²) in [4.78, 5) is 16.4. The van der Waals surface area contributed by atoms with Gasteiger partial charge in [0.1, 0.15) is 0 Å². The van der Waals surface area contributed by atoms with Crippen molar-refractivity contribution < 1.29 is 0 Å². The minimum absolute atomic E-state index is 0.529. The van der Waals surface area contributed by atoms with Crippen LogP contribution in [0.15, 0.2) is 297 Å². The van der Waals surface area contributed by atoms with E-state index in [0.29, 0.717) is 17.6 Å². The minimum Gasteiger partial charge on any atom is -0.309 e. The minimum atomic E-state index is 0.529. The SMILES string of the molecule is c1ccc(-c2cc(-c3ccccc3)cc(-c3ccc4c(c3)c3cc(-c5cc(-c6ccccc6)cc(-c6ccccc6)c5)ccc3n4-c3nc(-c4ccccc4)nc(-c4ccccc4-n4c5ccccc5c5ccccc54)n3)c2)cc1. The van der Waals surface area contributed by atoms with Crippen LogP contribution in [0.25, 0.3) is 145 Å². The van der Waals surface area contributed by atoms with Crippen molar-refractivity contribution in [3.63, 3.8) is 0 Å². The number of hydrogen-bond donors (Lipinski definition) is 0. The smallest absolute Gasteiger partial charge is 0.238 e. The average Bonchev–Trinajstić information content (AvgIpc) is 4.11. The molecule has 5 heteroatoms.